The lowest BCUT2D eigenvalue weighted by Gasteiger charge is -2.29. The quantitative estimate of drug-likeness (QED) is 0.843. The molecule has 1 amide bonds. The molecule has 1 aliphatic rings. The fourth-order valence-electron chi connectivity index (χ4n) is 3.15. The van der Waals surface area contributed by atoms with E-state index in [4.69, 9.17) is 4.74 Å². The highest BCUT2D eigenvalue weighted by atomic mass is 19.1. The van der Waals surface area contributed by atoms with Crippen LogP contribution in [0.15, 0.2) is 24.4 Å². The van der Waals surface area contributed by atoms with Crippen LogP contribution < -0.4 is 0 Å². The molecular weight excluding hydrogens is 319 g/mol. The van der Waals surface area contributed by atoms with E-state index in [1.54, 1.807) is 11.0 Å². The summed E-state index contributed by atoms with van der Waals surface area (Å²) >= 11 is 0. The maximum Gasteiger partial charge on any atom is 0.410 e. The van der Waals surface area contributed by atoms with Crippen LogP contribution in [0.25, 0.3) is 16.5 Å². The van der Waals surface area contributed by atoms with E-state index < -0.39 is 5.60 Å². The first-order valence-electron chi connectivity index (χ1n) is 8.75. The molecule has 1 aromatic carbocycles. The molecule has 0 aliphatic carbocycles. The number of hydrogen-bond acceptors (Lipinski definition) is 2. The number of fused-ring (bicyclic) bond motifs is 1. The average Bonchev–Trinajstić information content (AvgIpc) is 2.97. The van der Waals surface area contributed by atoms with Gasteiger partial charge in [-0.1, -0.05) is 13.0 Å². The number of amides is 1. The summed E-state index contributed by atoms with van der Waals surface area (Å²) in [7, 11) is 0. The van der Waals surface area contributed by atoms with Crippen molar-refractivity contribution in [3.05, 3.63) is 41.3 Å². The van der Waals surface area contributed by atoms with E-state index in [0.717, 1.165) is 28.5 Å². The number of nitrogens with zero attached hydrogens (tertiary/aromatic N) is 1. The van der Waals surface area contributed by atoms with Gasteiger partial charge in [-0.2, -0.15) is 0 Å². The molecule has 1 N–H and O–H groups in total. The van der Waals surface area contributed by atoms with Gasteiger partial charge < -0.3 is 14.6 Å². The van der Waals surface area contributed by atoms with Gasteiger partial charge in [0.15, 0.2) is 0 Å². The van der Waals surface area contributed by atoms with Crippen molar-refractivity contribution in [2.24, 2.45) is 0 Å². The molecule has 0 saturated carbocycles. The molecule has 1 aliphatic heterocycles. The molecular formula is C20H25FN2O2. The highest BCUT2D eigenvalue weighted by Gasteiger charge is 2.24. The predicted octanol–water partition coefficient (Wildman–Crippen LogP) is 4.89. The van der Waals surface area contributed by atoms with Gasteiger partial charge in [0, 0.05) is 24.7 Å². The zero-order valence-corrected chi connectivity index (χ0v) is 15.3. The lowest BCUT2D eigenvalue weighted by molar-refractivity contribution is 0.0270. The highest BCUT2D eigenvalue weighted by molar-refractivity contribution is 5.88. The summed E-state index contributed by atoms with van der Waals surface area (Å²) in [5.74, 6) is -0.234. The fourth-order valence-corrected chi connectivity index (χ4v) is 3.15. The Bertz CT molecular complexity index is 830. The molecule has 0 fully saturated rings. The molecule has 0 bridgehead atoms. The Labute approximate surface area is 147 Å². The first-order valence-corrected chi connectivity index (χ1v) is 8.75. The maximum absolute atomic E-state index is 14.4. The number of carbonyl (C=O) groups is 1. The monoisotopic (exact) mass is 344 g/mol. The molecule has 0 radical (unpaired) electrons. The van der Waals surface area contributed by atoms with E-state index >= 15 is 0 Å². The smallest absolute Gasteiger partial charge is 0.410 e. The van der Waals surface area contributed by atoms with E-state index in [2.05, 4.69) is 11.9 Å². The van der Waals surface area contributed by atoms with Crippen molar-refractivity contribution in [1.82, 2.24) is 9.88 Å². The van der Waals surface area contributed by atoms with Crippen LogP contribution in [-0.4, -0.2) is 34.7 Å². The number of H-pyrrole nitrogens is 1. The Kier molecular flexibility index (Phi) is 4.58. The average molecular weight is 344 g/mol. The topological polar surface area (TPSA) is 45.3 Å². The molecule has 0 saturated heterocycles. The van der Waals surface area contributed by atoms with Gasteiger partial charge in [0.1, 0.15) is 11.4 Å². The van der Waals surface area contributed by atoms with Gasteiger partial charge in [-0.3, -0.25) is 0 Å². The van der Waals surface area contributed by atoms with E-state index in [1.165, 1.54) is 0 Å². The predicted molar refractivity (Wildman–Crippen MR) is 98.0 cm³/mol. The normalized spacial score (nSPS) is 15.4. The van der Waals surface area contributed by atoms with E-state index in [9.17, 15) is 9.18 Å². The molecule has 1 aromatic heterocycles. The van der Waals surface area contributed by atoms with Gasteiger partial charge >= 0.3 is 6.09 Å². The summed E-state index contributed by atoms with van der Waals surface area (Å²) in [5, 5.41) is 0.938. The van der Waals surface area contributed by atoms with Crippen LogP contribution in [0.2, 0.25) is 0 Å². The largest absolute Gasteiger partial charge is 0.444 e. The zero-order valence-electron chi connectivity index (χ0n) is 15.3. The van der Waals surface area contributed by atoms with E-state index in [-0.39, 0.29) is 11.9 Å². The molecule has 134 valence electrons. The number of rotatable bonds is 2. The summed E-state index contributed by atoms with van der Waals surface area (Å²) in [6.45, 7) is 8.69. The van der Waals surface area contributed by atoms with Gasteiger partial charge in [0.05, 0.1) is 5.52 Å². The summed E-state index contributed by atoms with van der Waals surface area (Å²) in [6.07, 6.45) is 5.11. The van der Waals surface area contributed by atoms with Crippen molar-refractivity contribution < 1.29 is 13.9 Å². The summed E-state index contributed by atoms with van der Waals surface area (Å²) < 4.78 is 19.8. The van der Waals surface area contributed by atoms with Crippen LogP contribution in [0.3, 0.4) is 0 Å². The summed E-state index contributed by atoms with van der Waals surface area (Å²) in [6, 6.07) is 3.62. The molecule has 3 rings (SSSR count). The number of ether oxygens (including phenoxy) is 1. The fraction of sp³-hybridized carbons (Fsp3) is 0.450. The van der Waals surface area contributed by atoms with Crippen LogP contribution in [0.5, 0.6) is 0 Å². The third-order valence-corrected chi connectivity index (χ3v) is 4.44. The van der Waals surface area contributed by atoms with Crippen molar-refractivity contribution in [2.75, 3.05) is 13.1 Å². The number of aromatic nitrogens is 1. The van der Waals surface area contributed by atoms with Crippen LogP contribution >= 0.6 is 0 Å². The third-order valence-electron chi connectivity index (χ3n) is 4.44. The third kappa shape index (κ3) is 3.70. The maximum atomic E-state index is 14.4. The van der Waals surface area contributed by atoms with Gasteiger partial charge in [-0.05, 0) is 62.4 Å². The molecule has 0 atom stereocenters. The minimum absolute atomic E-state index is 0.234. The molecule has 0 unspecified atom stereocenters. The van der Waals surface area contributed by atoms with Crippen molar-refractivity contribution in [3.8, 4) is 0 Å². The molecule has 4 nitrogen and oxygen atoms in total. The van der Waals surface area contributed by atoms with Crippen molar-refractivity contribution >= 4 is 22.6 Å². The Morgan fingerprint density at radius 3 is 2.72 bits per heavy atom. The van der Waals surface area contributed by atoms with Crippen molar-refractivity contribution in [1.29, 1.82) is 0 Å². The van der Waals surface area contributed by atoms with E-state index in [1.807, 2.05) is 39.1 Å². The van der Waals surface area contributed by atoms with Crippen LogP contribution in [-0.2, 0) is 11.2 Å². The Balaban J connectivity index is 1.82. The number of halogens is 1. The molecule has 0 spiro atoms. The molecule has 2 heterocycles. The first kappa shape index (κ1) is 17.5. The van der Waals surface area contributed by atoms with Crippen LogP contribution in [0, 0.1) is 5.82 Å². The number of aryl methyl sites for hydroxylation is 1. The standard InChI is InChI=1S/C20H25FN2O2/c1-5-13-12-22-18-16(13)10-15(11-17(18)21)14-6-8-23(9-7-14)19(24)25-20(2,3)4/h6,10-12,22H,5,7-9H2,1-4H3. The van der Waals surface area contributed by atoms with Crippen LogP contribution in [0.4, 0.5) is 9.18 Å². The molecule has 25 heavy (non-hydrogen) atoms. The Morgan fingerprint density at radius 1 is 1.36 bits per heavy atom. The van der Waals surface area contributed by atoms with Gasteiger partial charge in [0.2, 0.25) is 0 Å². The van der Waals surface area contributed by atoms with Gasteiger partial charge in [-0.15, -0.1) is 0 Å². The molecule has 2 aromatic rings. The second-order valence-corrected chi connectivity index (χ2v) is 7.45. The number of hydrogen-bond donors (Lipinski definition) is 1. The Hall–Kier alpha value is -2.30. The first-order chi connectivity index (χ1) is 11.8. The number of aromatic amines is 1. The van der Waals surface area contributed by atoms with E-state index in [0.29, 0.717) is 25.0 Å². The SMILES string of the molecule is CCc1c[nH]c2c(F)cc(C3=CCN(C(=O)OC(C)(C)C)CC3)cc12. The minimum Gasteiger partial charge on any atom is -0.444 e. The minimum atomic E-state index is -0.500. The van der Waals surface area contributed by atoms with Gasteiger partial charge in [-0.25, -0.2) is 9.18 Å². The summed E-state index contributed by atoms with van der Waals surface area (Å²) in [5.41, 5.74) is 3.14. The number of benzene rings is 1. The van der Waals surface area contributed by atoms with Gasteiger partial charge in [0.25, 0.3) is 0 Å². The van der Waals surface area contributed by atoms with Crippen molar-refractivity contribution in [3.63, 3.8) is 0 Å². The Morgan fingerprint density at radius 2 is 2.12 bits per heavy atom. The molecule has 5 heteroatoms. The number of carbonyl (C=O) groups excluding carboxylic acids is 1. The zero-order chi connectivity index (χ0) is 18.2. The number of nitrogens with one attached hydrogen (secondary N) is 1. The lowest BCUT2D eigenvalue weighted by Crippen LogP contribution is -2.39. The highest BCUT2D eigenvalue weighted by Crippen LogP contribution is 2.30. The second kappa shape index (κ2) is 6.54. The summed E-state index contributed by atoms with van der Waals surface area (Å²) in [4.78, 5) is 16.8. The van der Waals surface area contributed by atoms with Crippen LogP contribution in [0.1, 0.15) is 45.2 Å². The van der Waals surface area contributed by atoms with Crippen molar-refractivity contribution in [2.45, 2.75) is 46.1 Å². The lowest BCUT2D eigenvalue weighted by atomic mass is 9.97. The second-order valence-electron chi connectivity index (χ2n) is 7.45.